The van der Waals surface area contributed by atoms with Gasteiger partial charge in [-0.25, -0.2) is 8.78 Å². The van der Waals surface area contributed by atoms with Crippen LogP contribution in [0.25, 0.3) is 0 Å². The fourth-order valence-electron chi connectivity index (χ4n) is 2.27. The van der Waals surface area contributed by atoms with Gasteiger partial charge in [0.05, 0.1) is 5.69 Å². The van der Waals surface area contributed by atoms with E-state index in [1.165, 1.54) is 0 Å². The van der Waals surface area contributed by atoms with Gasteiger partial charge in [-0.2, -0.15) is 0 Å². The smallest absolute Gasteiger partial charge is 0.250 e. The van der Waals surface area contributed by atoms with Crippen molar-refractivity contribution in [3.8, 4) is 0 Å². The van der Waals surface area contributed by atoms with Crippen molar-refractivity contribution in [2.75, 3.05) is 11.4 Å². The topological polar surface area (TPSA) is 49.4 Å². The van der Waals surface area contributed by atoms with Crippen LogP contribution in [0.4, 0.5) is 14.5 Å². The molecule has 1 heterocycles. The summed E-state index contributed by atoms with van der Waals surface area (Å²) >= 11 is 3.05. The van der Waals surface area contributed by atoms with Crippen molar-refractivity contribution in [1.82, 2.24) is 5.32 Å². The van der Waals surface area contributed by atoms with Crippen LogP contribution in [-0.4, -0.2) is 24.4 Å². The Balaban J connectivity index is 2.43. The summed E-state index contributed by atoms with van der Waals surface area (Å²) in [6.07, 6.45) is 0.692. The highest BCUT2D eigenvalue weighted by atomic mass is 79.9. The lowest BCUT2D eigenvalue weighted by Gasteiger charge is -2.35. The molecule has 7 heteroatoms. The maximum atomic E-state index is 14.0. The molecular weight excluding hydrogens is 346 g/mol. The first-order valence-electron chi connectivity index (χ1n) is 6.60. The standard InChI is InChI=1S/C14H15BrF2N2O2/c1-3-7(2)12-14(21)19(6-11(20)18-12)13-9(15)4-8(16)5-10(13)17/h4-5,7,12H,3,6H2,1-2H3,(H,18,20). The van der Waals surface area contributed by atoms with Crippen LogP contribution in [-0.2, 0) is 9.59 Å². The summed E-state index contributed by atoms with van der Waals surface area (Å²) in [4.78, 5) is 25.4. The second-order valence-corrected chi connectivity index (χ2v) is 5.93. The van der Waals surface area contributed by atoms with E-state index in [4.69, 9.17) is 0 Å². The van der Waals surface area contributed by atoms with Crippen LogP contribution in [0.5, 0.6) is 0 Å². The molecule has 0 spiro atoms. The molecule has 0 radical (unpaired) electrons. The molecule has 0 bridgehead atoms. The quantitative estimate of drug-likeness (QED) is 0.900. The van der Waals surface area contributed by atoms with Gasteiger partial charge >= 0.3 is 0 Å². The molecule has 0 aromatic heterocycles. The van der Waals surface area contributed by atoms with Gasteiger partial charge in [0.1, 0.15) is 18.4 Å². The molecule has 1 aromatic rings. The second-order valence-electron chi connectivity index (χ2n) is 5.07. The number of carbonyl (C=O) groups is 2. The molecule has 2 atom stereocenters. The minimum atomic E-state index is -0.882. The number of benzene rings is 1. The summed E-state index contributed by atoms with van der Waals surface area (Å²) in [7, 11) is 0. The normalized spacial score (nSPS) is 20.4. The summed E-state index contributed by atoms with van der Waals surface area (Å²) in [5, 5.41) is 2.62. The van der Waals surface area contributed by atoms with Crippen molar-refractivity contribution in [3.05, 3.63) is 28.2 Å². The SMILES string of the molecule is CCC(C)C1NC(=O)CN(c2c(F)cc(F)cc2Br)C1=O. The van der Waals surface area contributed by atoms with Crippen molar-refractivity contribution >= 4 is 33.4 Å². The Morgan fingerprint density at radius 1 is 1.43 bits per heavy atom. The Morgan fingerprint density at radius 2 is 2.10 bits per heavy atom. The van der Waals surface area contributed by atoms with Gasteiger partial charge in [0, 0.05) is 10.5 Å². The van der Waals surface area contributed by atoms with Gasteiger partial charge < -0.3 is 5.32 Å². The Kier molecular flexibility index (Phi) is 4.61. The van der Waals surface area contributed by atoms with Crippen molar-refractivity contribution < 1.29 is 18.4 Å². The first kappa shape index (κ1) is 15.9. The van der Waals surface area contributed by atoms with E-state index in [1.54, 1.807) is 0 Å². The molecule has 1 aromatic carbocycles. The molecule has 0 saturated carbocycles. The Labute approximate surface area is 129 Å². The molecule has 0 aliphatic carbocycles. The van der Waals surface area contributed by atoms with Gasteiger partial charge in [-0.3, -0.25) is 14.5 Å². The van der Waals surface area contributed by atoms with E-state index in [2.05, 4.69) is 21.2 Å². The van der Waals surface area contributed by atoms with Gasteiger partial charge in [0.15, 0.2) is 5.82 Å². The number of nitrogens with zero attached hydrogens (tertiary/aromatic N) is 1. The summed E-state index contributed by atoms with van der Waals surface area (Å²) in [5.74, 6) is -2.47. The van der Waals surface area contributed by atoms with Crippen molar-refractivity contribution in [2.24, 2.45) is 5.92 Å². The summed E-state index contributed by atoms with van der Waals surface area (Å²) in [6, 6.07) is 1.06. The maximum Gasteiger partial charge on any atom is 0.250 e. The van der Waals surface area contributed by atoms with E-state index >= 15 is 0 Å². The zero-order chi connectivity index (χ0) is 15.7. The van der Waals surface area contributed by atoms with Crippen LogP contribution in [0.3, 0.4) is 0 Å². The Morgan fingerprint density at radius 3 is 2.67 bits per heavy atom. The highest BCUT2D eigenvalue weighted by molar-refractivity contribution is 9.10. The number of anilines is 1. The minimum Gasteiger partial charge on any atom is -0.342 e. The molecule has 21 heavy (non-hydrogen) atoms. The minimum absolute atomic E-state index is 0.0773. The van der Waals surface area contributed by atoms with Crippen LogP contribution in [0.2, 0.25) is 0 Å². The van der Waals surface area contributed by atoms with Crippen molar-refractivity contribution in [3.63, 3.8) is 0 Å². The number of hydrogen-bond donors (Lipinski definition) is 1. The molecule has 1 saturated heterocycles. The summed E-state index contributed by atoms with van der Waals surface area (Å²) in [6.45, 7) is 3.45. The largest absolute Gasteiger partial charge is 0.342 e. The van der Waals surface area contributed by atoms with Gasteiger partial charge in [-0.15, -0.1) is 0 Å². The first-order chi connectivity index (χ1) is 9.85. The lowest BCUT2D eigenvalue weighted by molar-refractivity contribution is -0.132. The van der Waals surface area contributed by atoms with Crippen LogP contribution in [0.1, 0.15) is 20.3 Å². The average molecular weight is 361 g/mol. The van der Waals surface area contributed by atoms with Crippen LogP contribution in [0.15, 0.2) is 16.6 Å². The van der Waals surface area contributed by atoms with Crippen LogP contribution >= 0.6 is 15.9 Å². The number of piperazine rings is 1. The molecule has 1 fully saturated rings. The average Bonchev–Trinajstić information content (AvgIpc) is 2.40. The number of halogens is 3. The van der Waals surface area contributed by atoms with E-state index in [0.29, 0.717) is 12.5 Å². The van der Waals surface area contributed by atoms with Gasteiger partial charge in [0.2, 0.25) is 11.8 Å². The van der Waals surface area contributed by atoms with Crippen molar-refractivity contribution in [1.29, 1.82) is 0 Å². The van der Waals surface area contributed by atoms with Gasteiger partial charge in [-0.05, 0) is 27.9 Å². The predicted octanol–water partition coefficient (Wildman–Crippen LogP) is 2.60. The van der Waals surface area contributed by atoms with Crippen LogP contribution < -0.4 is 10.2 Å². The summed E-state index contributed by atoms with van der Waals surface area (Å²) in [5.41, 5.74) is -0.107. The molecule has 2 rings (SSSR count). The Bertz CT molecular complexity index is 571. The lowest BCUT2D eigenvalue weighted by Crippen LogP contribution is -2.60. The monoisotopic (exact) mass is 360 g/mol. The molecule has 4 nitrogen and oxygen atoms in total. The molecule has 1 N–H and O–H groups in total. The third-order valence-electron chi connectivity index (χ3n) is 3.61. The molecular formula is C14H15BrF2N2O2. The maximum absolute atomic E-state index is 14.0. The number of rotatable bonds is 3. The van der Waals surface area contributed by atoms with E-state index in [9.17, 15) is 18.4 Å². The highest BCUT2D eigenvalue weighted by Crippen LogP contribution is 2.32. The third kappa shape index (κ3) is 3.07. The van der Waals surface area contributed by atoms with Crippen molar-refractivity contribution in [2.45, 2.75) is 26.3 Å². The zero-order valence-electron chi connectivity index (χ0n) is 11.6. The van der Waals surface area contributed by atoms with E-state index in [0.717, 1.165) is 11.0 Å². The zero-order valence-corrected chi connectivity index (χ0v) is 13.2. The predicted molar refractivity (Wildman–Crippen MR) is 77.8 cm³/mol. The van der Waals surface area contributed by atoms with Crippen LogP contribution in [0, 0.1) is 17.6 Å². The van der Waals surface area contributed by atoms with Gasteiger partial charge in [0.25, 0.3) is 0 Å². The fourth-order valence-corrected chi connectivity index (χ4v) is 2.90. The molecule has 1 aliphatic rings. The molecule has 114 valence electrons. The van der Waals surface area contributed by atoms with Gasteiger partial charge in [-0.1, -0.05) is 20.3 Å². The van der Waals surface area contributed by atoms with E-state index < -0.39 is 23.6 Å². The van der Waals surface area contributed by atoms with E-state index in [-0.39, 0.29) is 28.5 Å². The number of hydrogen-bond acceptors (Lipinski definition) is 2. The lowest BCUT2D eigenvalue weighted by atomic mass is 9.96. The number of nitrogens with one attached hydrogen (secondary N) is 1. The number of carbonyl (C=O) groups excluding carboxylic acids is 2. The molecule has 1 aliphatic heterocycles. The second kappa shape index (κ2) is 6.09. The van der Waals surface area contributed by atoms with E-state index in [1.807, 2.05) is 13.8 Å². The molecule has 2 amide bonds. The highest BCUT2D eigenvalue weighted by Gasteiger charge is 2.38. The Hall–Kier alpha value is -1.50. The first-order valence-corrected chi connectivity index (χ1v) is 7.39. The third-order valence-corrected chi connectivity index (χ3v) is 4.22. The number of amides is 2. The molecule has 2 unspecified atom stereocenters. The fraction of sp³-hybridized carbons (Fsp3) is 0.429. The summed E-state index contributed by atoms with van der Waals surface area (Å²) < 4.78 is 27.3.